The van der Waals surface area contributed by atoms with Gasteiger partial charge < -0.3 is 9.05 Å². The maximum Gasteiger partial charge on any atom is 0.416 e. The molecule has 1 aromatic carbocycles. The Kier molecular flexibility index (Phi) is 3.23. The van der Waals surface area contributed by atoms with Crippen molar-refractivity contribution in [3.63, 3.8) is 0 Å². The van der Waals surface area contributed by atoms with Crippen LogP contribution in [0.5, 0.6) is 0 Å². The van der Waals surface area contributed by atoms with E-state index in [1.165, 1.54) is 12.1 Å². The number of hydrogen-bond donors (Lipinski definition) is 0. The third-order valence-electron chi connectivity index (χ3n) is 3.14. The van der Waals surface area contributed by atoms with Gasteiger partial charge in [0.1, 0.15) is 11.3 Å². The van der Waals surface area contributed by atoms with E-state index in [0.29, 0.717) is 22.6 Å². The van der Waals surface area contributed by atoms with E-state index in [1.807, 2.05) is 0 Å². The first-order valence-corrected chi connectivity index (χ1v) is 6.31. The molecule has 0 fully saturated rings. The maximum absolute atomic E-state index is 12.5. The number of halogens is 3. The number of rotatable bonds is 2. The molecule has 0 bridgehead atoms. The number of benzene rings is 1. The van der Waals surface area contributed by atoms with Crippen molar-refractivity contribution in [3.05, 3.63) is 41.3 Å². The Morgan fingerprint density at radius 2 is 1.64 bits per heavy atom. The van der Waals surface area contributed by atoms with Crippen molar-refractivity contribution < 1.29 is 22.2 Å². The molecule has 0 spiro atoms. The first-order chi connectivity index (χ1) is 10.4. The molecule has 0 N–H and O–H groups in total. The molecule has 22 heavy (non-hydrogen) atoms. The van der Waals surface area contributed by atoms with Crippen molar-refractivity contribution in [1.29, 1.82) is 0 Å². The lowest BCUT2D eigenvalue weighted by Crippen LogP contribution is -2.04. The summed E-state index contributed by atoms with van der Waals surface area (Å²) in [5.74, 6) is 0.940. The van der Waals surface area contributed by atoms with Gasteiger partial charge in [-0.15, -0.1) is 0 Å². The lowest BCUT2D eigenvalue weighted by molar-refractivity contribution is -0.137. The molecule has 0 aliphatic carbocycles. The molecule has 3 rings (SSSR count). The molecule has 2 heterocycles. The highest BCUT2D eigenvalue weighted by molar-refractivity contribution is 5.62. The van der Waals surface area contributed by atoms with Crippen molar-refractivity contribution in [1.82, 2.24) is 15.3 Å². The molecular weight excluding hydrogens is 299 g/mol. The van der Waals surface area contributed by atoms with E-state index in [2.05, 4.69) is 15.3 Å². The van der Waals surface area contributed by atoms with E-state index in [1.54, 1.807) is 13.8 Å². The molecule has 2 aromatic heterocycles. The van der Waals surface area contributed by atoms with Gasteiger partial charge in [-0.2, -0.15) is 18.2 Å². The van der Waals surface area contributed by atoms with Crippen molar-refractivity contribution in [3.8, 4) is 22.8 Å². The van der Waals surface area contributed by atoms with E-state index >= 15 is 0 Å². The summed E-state index contributed by atoms with van der Waals surface area (Å²) in [5.41, 5.74) is 0.881. The molecule has 114 valence electrons. The molecule has 0 amide bonds. The Hall–Kier alpha value is -2.64. The van der Waals surface area contributed by atoms with Crippen LogP contribution in [0.2, 0.25) is 0 Å². The van der Waals surface area contributed by atoms with E-state index < -0.39 is 11.7 Å². The summed E-state index contributed by atoms with van der Waals surface area (Å²) < 4.78 is 47.8. The summed E-state index contributed by atoms with van der Waals surface area (Å²) in [6, 6.07) is 4.54. The monoisotopic (exact) mass is 309 g/mol. The zero-order valence-corrected chi connectivity index (χ0v) is 11.6. The van der Waals surface area contributed by atoms with Gasteiger partial charge in [0.25, 0.3) is 5.89 Å². The normalized spacial score (nSPS) is 11.9. The highest BCUT2D eigenvalue weighted by Crippen LogP contribution is 2.31. The van der Waals surface area contributed by atoms with Crippen LogP contribution in [0.1, 0.15) is 17.0 Å². The highest BCUT2D eigenvalue weighted by Gasteiger charge is 2.30. The van der Waals surface area contributed by atoms with Crippen LogP contribution < -0.4 is 0 Å². The topological polar surface area (TPSA) is 65.0 Å². The second-order valence-electron chi connectivity index (χ2n) is 4.70. The van der Waals surface area contributed by atoms with Crippen LogP contribution >= 0.6 is 0 Å². The number of aryl methyl sites for hydroxylation is 2. The van der Waals surface area contributed by atoms with Crippen LogP contribution in [0.25, 0.3) is 22.8 Å². The summed E-state index contributed by atoms with van der Waals surface area (Å²) in [7, 11) is 0. The Bertz CT molecular complexity index is 784. The molecular formula is C14H10F3N3O2. The maximum atomic E-state index is 12.5. The van der Waals surface area contributed by atoms with Gasteiger partial charge in [0.05, 0.1) is 11.3 Å². The van der Waals surface area contributed by atoms with Crippen molar-refractivity contribution in [2.75, 3.05) is 0 Å². The number of aromatic nitrogens is 3. The van der Waals surface area contributed by atoms with Gasteiger partial charge in [-0.05, 0) is 26.0 Å². The summed E-state index contributed by atoms with van der Waals surface area (Å²) in [6.45, 7) is 3.44. The summed E-state index contributed by atoms with van der Waals surface area (Å²) >= 11 is 0. The van der Waals surface area contributed by atoms with E-state index in [9.17, 15) is 13.2 Å². The minimum absolute atomic E-state index is 0.198. The van der Waals surface area contributed by atoms with Crippen LogP contribution in [0.4, 0.5) is 13.2 Å². The standard InChI is InChI=1S/C14H10F3N3O2/c1-7-11(8(2)21-19-7)13-18-12(20-22-13)9-3-5-10(6-4-9)14(15,16)17/h3-6H,1-2H3. The molecule has 0 aliphatic heterocycles. The number of hydrogen-bond acceptors (Lipinski definition) is 5. The van der Waals surface area contributed by atoms with Gasteiger partial charge in [-0.25, -0.2) is 0 Å². The van der Waals surface area contributed by atoms with E-state index in [-0.39, 0.29) is 11.7 Å². The Balaban J connectivity index is 1.94. The number of alkyl halides is 3. The molecule has 8 heteroatoms. The van der Waals surface area contributed by atoms with Crippen LogP contribution in [-0.4, -0.2) is 15.3 Å². The molecule has 0 unspecified atom stereocenters. The zero-order valence-electron chi connectivity index (χ0n) is 11.6. The molecule has 0 radical (unpaired) electrons. The highest BCUT2D eigenvalue weighted by atomic mass is 19.4. The summed E-state index contributed by atoms with van der Waals surface area (Å²) in [6.07, 6.45) is -4.38. The van der Waals surface area contributed by atoms with Gasteiger partial charge in [0.2, 0.25) is 5.82 Å². The Morgan fingerprint density at radius 1 is 0.955 bits per heavy atom. The quantitative estimate of drug-likeness (QED) is 0.715. The predicted molar refractivity (Wildman–Crippen MR) is 69.7 cm³/mol. The minimum atomic E-state index is -4.38. The predicted octanol–water partition coefficient (Wildman–Crippen LogP) is 4.03. The Morgan fingerprint density at radius 3 is 2.18 bits per heavy atom. The molecule has 0 saturated carbocycles. The first kappa shape index (κ1) is 14.3. The zero-order chi connectivity index (χ0) is 15.9. The van der Waals surface area contributed by atoms with Crippen LogP contribution in [0, 0.1) is 13.8 Å². The third-order valence-corrected chi connectivity index (χ3v) is 3.14. The third kappa shape index (κ3) is 2.47. The second kappa shape index (κ2) is 4.97. The van der Waals surface area contributed by atoms with E-state index in [0.717, 1.165) is 12.1 Å². The molecule has 0 atom stereocenters. The molecule has 5 nitrogen and oxygen atoms in total. The van der Waals surface area contributed by atoms with Crippen LogP contribution in [0.3, 0.4) is 0 Å². The smallest absolute Gasteiger partial charge is 0.361 e. The van der Waals surface area contributed by atoms with E-state index in [4.69, 9.17) is 9.05 Å². The largest absolute Gasteiger partial charge is 0.416 e. The fourth-order valence-corrected chi connectivity index (χ4v) is 2.04. The average Bonchev–Trinajstić information content (AvgIpc) is 3.05. The lowest BCUT2D eigenvalue weighted by atomic mass is 10.1. The van der Waals surface area contributed by atoms with Crippen molar-refractivity contribution in [2.45, 2.75) is 20.0 Å². The van der Waals surface area contributed by atoms with Gasteiger partial charge in [-0.1, -0.05) is 22.4 Å². The first-order valence-electron chi connectivity index (χ1n) is 6.31. The average molecular weight is 309 g/mol. The van der Waals surface area contributed by atoms with Gasteiger partial charge in [-0.3, -0.25) is 0 Å². The van der Waals surface area contributed by atoms with Crippen LogP contribution in [0.15, 0.2) is 33.3 Å². The minimum Gasteiger partial charge on any atom is -0.361 e. The number of nitrogens with zero attached hydrogens (tertiary/aromatic N) is 3. The fourth-order valence-electron chi connectivity index (χ4n) is 2.04. The molecule has 0 aliphatic rings. The van der Waals surface area contributed by atoms with Gasteiger partial charge >= 0.3 is 6.18 Å². The van der Waals surface area contributed by atoms with Gasteiger partial charge in [0, 0.05) is 5.56 Å². The Labute approximate surface area is 122 Å². The second-order valence-corrected chi connectivity index (χ2v) is 4.70. The SMILES string of the molecule is Cc1noc(C)c1-c1nc(-c2ccc(C(F)(F)F)cc2)no1. The van der Waals surface area contributed by atoms with Crippen molar-refractivity contribution in [2.24, 2.45) is 0 Å². The molecule has 3 aromatic rings. The molecule has 0 saturated heterocycles. The fraction of sp³-hybridized carbons (Fsp3) is 0.214. The van der Waals surface area contributed by atoms with Gasteiger partial charge in [0.15, 0.2) is 0 Å². The van der Waals surface area contributed by atoms with Crippen molar-refractivity contribution >= 4 is 0 Å². The summed E-state index contributed by atoms with van der Waals surface area (Å²) in [5, 5.41) is 7.57. The van der Waals surface area contributed by atoms with Crippen LogP contribution in [-0.2, 0) is 6.18 Å². The lowest BCUT2D eigenvalue weighted by Gasteiger charge is -2.05. The summed E-state index contributed by atoms with van der Waals surface area (Å²) in [4.78, 5) is 4.18.